The highest BCUT2D eigenvalue weighted by Crippen LogP contribution is 2.27. The number of benzene rings is 2. The summed E-state index contributed by atoms with van der Waals surface area (Å²) in [7, 11) is 0. The molecule has 0 atom stereocenters. The Balaban J connectivity index is 2.04. The maximum atomic E-state index is 9.17. The molecule has 0 aliphatic rings. The van der Waals surface area contributed by atoms with Crippen LogP contribution in [0.2, 0.25) is 5.02 Å². The van der Waals surface area contributed by atoms with E-state index in [0.29, 0.717) is 23.3 Å². The molecule has 0 unspecified atom stereocenters. The zero-order valence-electron chi connectivity index (χ0n) is 9.57. The van der Waals surface area contributed by atoms with Crippen LogP contribution in [0.25, 0.3) is 0 Å². The van der Waals surface area contributed by atoms with Crippen molar-refractivity contribution in [2.45, 2.75) is 12.5 Å². The Labute approximate surface area is 116 Å². The van der Waals surface area contributed by atoms with Crippen LogP contribution in [-0.2, 0) is 12.5 Å². The number of hydrogen-bond acceptors (Lipinski definition) is 2. The molecule has 2 aromatic rings. The maximum absolute atomic E-state index is 9.17. The first-order chi connectivity index (χ1) is 8.69. The van der Waals surface area contributed by atoms with Gasteiger partial charge in [0.2, 0.25) is 0 Å². The monoisotopic (exact) mass is 282 g/mol. The van der Waals surface area contributed by atoms with Crippen LogP contribution in [0.5, 0.6) is 11.5 Å². The molecule has 0 saturated heterocycles. The van der Waals surface area contributed by atoms with Gasteiger partial charge < -0.3 is 9.84 Å². The molecule has 0 radical (unpaired) electrons. The van der Waals surface area contributed by atoms with Gasteiger partial charge in [0.1, 0.15) is 18.1 Å². The van der Waals surface area contributed by atoms with E-state index < -0.39 is 0 Å². The summed E-state index contributed by atoms with van der Waals surface area (Å²) in [6, 6.07) is 12.3. The molecule has 0 aliphatic heterocycles. The zero-order valence-corrected chi connectivity index (χ0v) is 11.1. The van der Waals surface area contributed by atoms with E-state index in [-0.39, 0.29) is 5.75 Å². The van der Waals surface area contributed by atoms with Crippen LogP contribution >= 0.6 is 23.2 Å². The fraction of sp³-hybridized carbons (Fsp3) is 0.143. The minimum absolute atomic E-state index is 0.239. The summed E-state index contributed by atoms with van der Waals surface area (Å²) >= 11 is 11.8. The van der Waals surface area contributed by atoms with E-state index in [4.69, 9.17) is 33.0 Å². The van der Waals surface area contributed by atoms with E-state index >= 15 is 0 Å². The van der Waals surface area contributed by atoms with Gasteiger partial charge in [-0.3, -0.25) is 0 Å². The van der Waals surface area contributed by atoms with E-state index in [1.54, 1.807) is 36.4 Å². The van der Waals surface area contributed by atoms with E-state index in [0.717, 1.165) is 11.1 Å². The van der Waals surface area contributed by atoms with Crippen LogP contribution in [0.1, 0.15) is 11.1 Å². The average Bonchev–Trinajstić information content (AvgIpc) is 2.39. The fourth-order valence-electron chi connectivity index (χ4n) is 1.50. The summed E-state index contributed by atoms with van der Waals surface area (Å²) in [5.41, 5.74) is 1.92. The number of aromatic hydroxyl groups is 1. The van der Waals surface area contributed by atoms with Gasteiger partial charge >= 0.3 is 0 Å². The number of rotatable bonds is 4. The summed E-state index contributed by atoms with van der Waals surface area (Å²) in [6.07, 6.45) is 0. The van der Waals surface area contributed by atoms with Crippen LogP contribution in [0.3, 0.4) is 0 Å². The molecule has 0 spiro atoms. The van der Waals surface area contributed by atoms with Gasteiger partial charge in [0.05, 0.1) is 5.02 Å². The van der Waals surface area contributed by atoms with Crippen molar-refractivity contribution < 1.29 is 9.84 Å². The Kier molecular flexibility index (Phi) is 4.34. The number of phenolic OH excluding ortho intramolecular Hbond substituents is 1. The lowest BCUT2D eigenvalue weighted by atomic mass is 10.2. The lowest BCUT2D eigenvalue weighted by molar-refractivity contribution is 0.306. The van der Waals surface area contributed by atoms with E-state index in [1.165, 1.54) is 0 Å². The molecule has 0 aromatic heterocycles. The van der Waals surface area contributed by atoms with Crippen molar-refractivity contribution in [2.75, 3.05) is 0 Å². The molecule has 4 heteroatoms. The van der Waals surface area contributed by atoms with Crippen LogP contribution < -0.4 is 4.74 Å². The predicted molar refractivity (Wildman–Crippen MR) is 73.4 cm³/mol. The quantitative estimate of drug-likeness (QED) is 0.844. The second-order valence-corrected chi connectivity index (χ2v) is 4.53. The molecular weight excluding hydrogens is 271 g/mol. The molecule has 0 heterocycles. The number of alkyl halides is 1. The lowest BCUT2D eigenvalue weighted by Gasteiger charge is -2.09. The normalized spacial score (nSPS) is 10.3. The highest BCUT2D eigenvalue weighted by molar-refractivity contribution is 6.32. The van der Waals surface area contributed by atoms with Crippen LogP contribution in [0.4, 0.5) is 0 Å². The fourth-order valence-corrected chi connectivity index (χ4v) is 1.92. The second-order valence-electron chi connectivity index (χ2n) is 3.85. The summed E-state index contributed by atoms with van der Waals surface area (Å²) in [5, 5.41) is 9.72. The van der Waals surface area contributed by atoms with Crippen molar-refractivity contribution in [3.8, 4) is 11.5 Å². The first kappa shape index (κ1) is 13.1. The highest BCUT2D eigenvalue weighted by Gasteiger charge is 2.03. The van der Waals surface area contributed by atoms with Gasteiger partial charge in [-0.25, -0.2) is 0 Å². The molecule has 18 heavy (non-hydrogen) atoms. The Morgan fingerprint density at radius 1 is 1.00 bits per heavy atom. The number of hydrogen-bond donors (Lipinski definition) is 1. The minimum atomic E-state index is 0.239. The first-order valence-electron chi connectivity index (χ1n) is 5.44. The van der Waals surface area contributed by atoms with Crippen molar-refractivity contribution in [1.82, 2.24) is 0 Å². The molecular formula is C14H12Cl2O2. The summed E-state index contributed by atoms with van der Waals surface area (Å²) < 4.78 is 5.61. The lowest BCUT2D eigenvalue weighted by Crippen LogP contribution is -1.96. The molecule has 94 valence electrons. The van der Waals surface area contributed by atoms with Crippen molar-refractivity contribution in [3.05, 3.63) is 58.6 Å². The van der Waals surface area contributed by atoms with Crippen molar-refractivity contribution >= 4 is 23.2 Å². The van der Waals surface area contributed by atoms with Crippen molar-refractivity contribution in [2.24, 2.45) is 0 Å². The summed E-state index contributed by atoms with van der Waals surface area (Å²) in [5.74, 6) is 1.29. The number of ether oxygens (including phenoxy) is 1. The second kappa shape index (κ2) is 5.98. The molecule has 2 rings (SSSR count). The molecule has 0 fully saturated rings. The summed E-state index contributed by atoms with van der Waals surface area (Å²) in [4.78, 5) is 0. The van der Waals surface area contributed by atoms with Crippen molar-refractivity contribution in [3.63, 3.8) is 0 Å². The average molecular weight is 283 g/mol. The van der Waals surface area contributed by atoms with Gasteiger partial charge in [-0.2, -0.15) is 0 Å². The third-order valence-electron chi connectivity index (χ3n) is 2.48. The maximum Gasteiger partial charge on any atom is 0.138 e. The molecule has 2 aromatic carbocycles. The Bertz CT molecular complexity index is 524. The van der Waals surface area contributed by atoms with Crippen LogP contribution in [-0.4, -0.2) is 5.11 Å². The highest BCUT2D eigenvalue weighted by atomic mass is 35.5. The smallest absolute Gasteiger partial charge is 0.138 e. The van der Waals surface area contributed by atoms with Gasteiger partial charge in [-0.05, 0) is 35.4 Å². The Morgan fingerprint density at radius 3 is 2.28 bits per heavy atom. The summed E-state index contributed by atoms with van der Waals surface area (Å²) in [6.45, 7) is 0.403. The van der Waals surface area contributed by atoms with E-state index in [1.807, 2.05) is 6.07 Å². The zero-order chi connectivity index (χ0) is 13.0. The molecule has 0 aliphatic carbocycles. The third-order valence-corrected chi connectivity index (χ3v) is 3.09. The van der Waals surface area contributed by atoms with Crippen molar-refractivity contribution in [1.29, 1.82) is 0 Å². The molecule has 0 saturated carbocycles. The topological polar surface area (TPSA) is 29.5 Å². The first-order valence-corrected chi connectivity index (χ1v) is 6.35. The van der Waals surface area contributed by atoms with Gasteiger partial charge in [0.15, 0.2) is 0 Å². The van der Waals surface area contributed by atoms with Crippen LogP contribution in [0.15, 0.2) is 42.5 Å². The van der Waals surface area contributed by atoms with Gasteiger partial charge in [0.25, 0.3) is 0 Å². The number of phenols is 1. The minimum Gasteiger partial charge on any atom is -0.508 e. The third kappa shape index (κ3) is 3.31. The van der Waals surface area contributed by atoms with Crippen LogP contribution in [0, 0.1) is 0 Å². The van der Waals surface area contributed by atoms with E-state index in [2.05, 4.69) is 0 Å². The SMILES string of the molecule is Oc1ccc(COc2ccc(CCl)cc2Cl)cc1. The standard InChI is InChI=1S/C14H12Cl2O2/c15-8-11-3-6-14(13(16)7-11)18-9-10-1-4-12(17)5-2-10/h1-7,17H,8-9H2. The molecule has 1 N–H and O–H groups in total. The Hall–Kier alpha value is -1.38. The van der Waals surface area contributed by atoms with Gasteiger partial charge in [0, 0.05) is 5.88 Å². The van der Waals surface area contributed by atoms with E-state index in [9.17, 15) is 0 Å². The number of halogens is 2. The largest absolute Gasteiger partial charge is 0.508 e. The van der Waals surface area contributed by atoms with Gasteiger partial charge in [-0.1, -0.05) is 29.8 Å². The van der Waals surface area contributed by atoms with Gasteiger partial charge in [-0.15, -0.1) is 11.6 Å². The molecule has 0 amide bonds. The predicted octanol–water partition coefficient (Wildman–Crippen LogP) is 4.36. The Morgan fingerprint density at radius 2 is 1.67 bits per heavy atom. The molecule has 0 bridgehead atoms. The molecule has 2 nitrogen and oxygen atoms in total.